The summed E-state index contributed by atoms with van der Waals surface area (Å²) in [6, 6.07) is 0. The molecular weight excluding hydrogens is 104 g/mol. The van der Waals surface area contributed by atoms with Gasteiger partial charge in [-0.15, -0.1) is 0 Å². The van der Waals surface area contributed by atoms with Gasteiger partial charge in [-0.1, -0.05) is 0 Å². The van der Waals surface area contributed by atoms with E-state index >= 15 is 0 Å². The number of rotatable bonds is 0. The van der Waals surface area contributed by atoms with Crippen molar-refractivity contribution >= 4 is 11.4 Å². The molecule has 0 amide bonds. The Hall–Kier alpha value is -0.700. The lowest BCUT2D eigenvalue weighted by molar-refractivity contribution is 0.205. The second kappa shape index (κ2) is 2.05. The first-order chi connectivity index (χ1) is 3.79. The van der Waals surface area contributed by atoms with Gasteiger partial charge in [-0.2, -0.15) is 0 Å². The van der Waals surface area contributed by atoms with Crippen molar-refractivity contribution in [1.29, 1.82) is 10.8 Å². The molecule has 0 unspecified atom stereocenters. The summed E-state index contributed by atoms with van der Waals surface area (Å²) in [7, 11) is 0. The Kier molecular flexibility index (Phi) is 1.39. The minimum Gasteiger partial charge on any atom is -0.370 e. The van der Waals surface area contributed by atoms with Crippen molar-refractivity contribution in [2.24, 2.45) is 0 Å². The van der Waals surface area contributed by atoms with Gasteiger partial charge in [0.25, 0.3) is 0 Å². The number of hydrogen-bond acceptors (Lipinski definition) is 3. The normalized spacial score (nSPS) is 21.5. The quantitative estimate of drug-likeness (QED) is 0.469. The van der Waals surface area contributed by atoms with E-state index < -0.39 is 0 Å². The molecule has 0 bridgehead atoms. The largest absolute Gasteiger partial charge is 0.370 e. The highest BCUT2D eigenvalue weighted by atomic mass is 16.5. The summed E-state index contributed by atoms with van der Waals surface area (Å²) in [4.78, 5) is 0. The lowest BCUT2D eigenvalue weighted by Crippen LogP contribution is -2.23. The topological polar surface area (TPSA) is 56.9 Å². The number of ether oxygens (including phenoxy) is 1. The zero-order valence-corrected chi connectivity index (χ0v) is 4.53. The molecule has 0 saturated carbocycles. The van der Waals surface area contributed by atoms with E-state index in [1.807, 2.05) is 0 Å². The van der Waals surface area contributed by atoms with Gasteiger partial charge in [0.1, 0.15) is 0 Å². The van der Waals surface area contributed by atoms with Crippen LogP contribution in [0.25, 0.3) is 0 Å². The first kappa shape index (κ1) is 5.44. The third kappa shape index (κ3) is 1.13. The lowest BCUT2D eigenvalue weighted by Gasteiger charge is -2.11. The van der Waals surface area contributed by atoms with Gasteiger partial charge in [0.2, 0.25) is 0 Å². The van der Waals surface area contributed by atoms with Crippen LogP contribution >= 0.6 is 0 Å². The van der Waals surface area contributed by atoms with Crippen LogP contribution in [0.1, 0.15) is 6.42 Å². The lowest BCUT2D eigenvalue weighted by atomic mass is 10.2. The van der Waals surface area contributed by atoms with Gasteiger partial charge in [0.15, 0.2) is 0 Å². The van der Waals surface area contributed by atoms with Crippen LogP contribution in [0.3, 0.4) is 0 Å². The predicted molar refractivity (Wildman–Crippen MR) is 30.9 cm³/mol. The molecule has 1 aliphatic heterocycles. The summed E-state index contributed by atoms with van der Waals surface area (Å²) >= 11 is 0. The predicted octanol–water partition coefficient (Wildman–Crippen LogP) is 0.446. The molecule has 44 valence electrons. The van der Waals surface area contributed by atoms with Crippen LogP contribution < -0.4 is 0 Å². The van der Waals surface area contributed by atoms with E-state index in [4.69, 9.17) is 15.6 Å². The maximum Gasteiger partial charge on any atom is 0.0850 e. The molecule has 1 saturated heterocycles. The van der Waals surface area contributed by atoms with Crippen LogP contribution in [0.15, 0.2) is 0 Å². The third-order valence-corrected chi connectivity index (χ3v) is 0.979. The van der Waals surface area contributed by atoms with E-state index in [1.54, 1.807) is 0 Å². The molecule has 0 aromatic heterocycles. The summed E-state index contributed by atoms with van der Waals surface area (Å²) in [5.74, 6) is 0. The van der Waals surface area contributed by atoms with Crippen molar-refractivity contribution in [2.45, 2.75) is 6.42 Å². The molecule has 0 aromatic rings. The summed E-state index contributed by atoms with van der Waals surface area (Å²) in [5.41, 5.74) is 1.03. The smallest absolute Gasteiger partial charge is 0.0850 e. The molecular formula is C5H8N2O. The standard InChI is InChI=1S/C5H8N2O/c6-4-1-5(7)3-8-2-4/h6-7H,1-3H2. The fourth-order valence-electron chi connectivity index (χ4n) is 0.657. The molecule has 0 aromatic carbocycles. The van der Waals surface area contributed by atoms with E-state index in [0.29, 0.717) is 31.1 Å². The van der Waals surface area contributed by atoms with Crippen molar-refractivity contribution in [3.63, 3.8) is 0 Å². The fourth-order valence-corrected chi connectivity index (χ4v) is 0.657. The Balaban J connectivity index is 2.45. The first-order valence-electron chi connectivity index (χ1n) is 2.49. The minimum absolute atomic E-state index is 0.419. The Bertz CT molecular complexity index is 116. The summed E-state index contributed by atoms with van der Waals surface area (Å²) in [5, 5.41) is 14.1. The van der Waals surface area contributed by atoms with Gasteiger partial charge in [-0.25, -0.2) is 0 Å². The van der Waals surface area contributed by atoms with Crippen molar-refractivity contribution in [3.05, 3.63) is 0 Å². The Morgan fingerprint density at radius 2 is 1.62 bits per heavy atom. The van der Waals surface area contributed by atoms with E-state index in [0.717, 1.165) is 0 Å². The van der Waals surface area contributed by atoms with Gasteiger partial charge in [0.05, 0.1) is 13.2 Å². The molecule has 2 N–H and O–H groups in total. The van der Waals surface area contributed by atoms with Crippen LogP contribution in [0, 0.1) is 10.8 Å². The highest BCUT2D eigenvalue weighted by Crippen LogP contribution is 1.96. The van der Waals surface area contributed by atoms with Crippen LogP contribution in [0.4, 0.5) is 0 Å². The fraction of sp³-hybridized carbons (Fsp3) is 0.600. The van der Waals surface area contributed by atoms with E-state index in [9.17, 15) is 0 Å². The first-order valence-corrected chi connectivity index (χ1v) is 2.49. The monoisotopic (exact) mass is 112 g/mol. The van der Waals surface area contributed by atoms with Crippen LogP contribution in [-0.4, -0.2) is 24.6 Å². The Morgan fingerprint density at radius 1 is 1.12 bits per heavy atom. The molecule has 1 rings (SSSR count). The molecule has 3 heteroatoms. The summed E-state index contributed by atoms with van der Waals surface area (Å²) in [6.07, 6.45) is 0.514. The SMILES string of the molecule is N=C1COCC(=N)C1. The number of nitrogens with one attached hydrogen (secondary N) is 2. The molecule has 1 heterocycles. The van der Waals surface area contributed by atoms with Crippen molar-refractivity contribution in [3.8, 4) is 0 Å². The molecule has 8 heavy (non-hydrogen) atoms. The van der Waals surface area contributed by atoms with E-state index in [1.165, 1.54) is 0 Å². The number of hydrogen-bond donors (Lipinski definition) is 2. The maximum atomic E-state index is 7.05. The van der Waals surface area contributed by atoms with Gasteiger partial charge < -0.3 is 15.6 Å². The average molecular weight is 112 g/mol. The summed E-state index contributed by atoms with van der Waals surface area (Å²) < 4.78 is 4.84. The molecule has 1 fully saturated rings. The third-order valence-electron chi connectivity index (χ3n) is 0.979. The van der Waals surface area contributed by atoms with Gasteiger partial charge >= 0.3 is 0 Å². The van der Waals surface area contributed by atoms with Gasteiger partial charge in [-0.3, -0.25) is 0 Å². The Morgan fingerprint density at radius 3 is 1.88 bits per heavy atom. The molecule has 0 atom stereocenters. The van der Waals surface area contributed by atoms with Crippen molar-refractivity contribution < 1.29 is 4.74 Å². The highest BCUT2D eigenvalue weighted by molar-refractivity contribution is 6.04. The van der Waals surface area contributed by atoms with Gasteiger partial charge in [0, 0.05) is 17.8 Å². The molecule has 0 radical (unpaired) electrons. The molecule has 0 aliphatic carbocycles. The Labute approximate surface area is 47.7 Å². The van der Waals surface area contributed by atoms with Crippen LogP contribution in [0.2, 0.25) is 0 Å². The maximum absolute atomic E-state index is 7.05. The summed E-state index contributed by atoms with van der Waals surface area (Å²) in [6.45, 7) is 0.838. The van der Waals surface area contributed by atoms with Gasteiger partial charge in [-0.05, 0) is 0 Å². The zero-order valence-electron chi connectivity index (χ0n) is 4.53. The highest BCUT2D eigenvalue weighted by Gasteiger charge is 2.08. The van der Waals surface area contributed by atoms with E-state index in [-0.39, 0.29) is 0 Å². The average Bonchev–Trinajstić information content (AvgIpc) is 1.64. The second-order valence-corrected chi connectivity index (χ2v) is 1.88. The molecule has 0 spiro atoms. The van der Waals surface area contributed by atoms with E-state index in [2.05, 4.69) is 0 Å². The molecule has 3 nitrogen and oxygen atoms in total. The van der Waals surface area contributed by atoms with Crippen LogP contribution in [-0.2, 0) is 4.74 Å². The minimum atomic E-state index is 0.419. The van der Waals surface area contributed by atoms with Crippen molar-refractivity contribution in [2.75, 3.05) is 13.2 Å². The zero-order chi connectivity index (χ0) is 5.98. The van der Waals surface area contributed by atoms with Crippen molar-refractivity contribution in [1.82, 2.24) is 0 Å². The molecule has 1 aliphatic rings. The second-order valence-electron chi connectivity index (χ2n) is 1.88. The van der Waals surface area contributed by atoms with Crippen LogP contribution in [0.5, 0.6) is 0 Å².